The highest BCUT2D eigenvalue weighted by molar-refractivity contribution is 6.32. The summed E-state index contributed by atoms with van der Waals surface area (Å²) in [4.78, 5) is 14.1. The first-order valence-electron chi connectivity index (χ1n) is 6.61. The summed E-state index contributed by atoms with van der Waals surface area (Å²) in [6.07, 6.45) is 1.57. The number of nitrogens with one attached hydrogen (secondary N) is 1. The summed E-state index contributed by atoms with van der Waals surface area (Å²) < 4.78 is 1.49. The van der Waals surface area contributed by atoms with Crippen molar-refractivity contribution in [3.63, 3.8) is 0 Å². The molecule has 0 aliphatic heterocycles. The van der Waals surface area contributed by atoms with Crippen molar-refractivity contribution < 1.29 is 4.79 Å². The number of hydrogen-bond donors (Lipinski definition) is 1. The molecule has 1 N–H and O–H groups in total. The van der Waals surface area contributed by atoms with E-state index < -0.39 is 0 Å². The maximum absolute atomic E-state index is 12.0. The lowest BCUT2D eigenvalue weighted by atomic mass is 10.3. The van der Waals surface area contributed by atoms with Crippen molar-refractivity contribution in [3.8, 4) is 5.69 Å². The van der Waals surface area contributed by atoms with Gasteiger partial charge >= 0.3 is 0 Å². The SMILES string of the molecule is C[C@@H](CNC(=O)c1cn(-c2ccccc2Cl)nn1)N(C)C. The molecule has 0 aliphatic carbocycles. The second kappa shape index (κ2) is 6.69. The zero-order valence-electron chi connectivity index (χ0n) is 12.2. The van der Waals surface area contributed by atoms with Crippen LogP contribution in [0.4, 0.5) is 0 Å². The lowest BCUT2D eigenvalue weighted by Gasteiger charge is -2.19. The number of carbonyl (C=O) groups excluding carboxylic acids is 1. The number of hydrogen-bond acceptors (Lipinski definition) is 4. The van der Waals surface area contributed by atoms with Crippen LogP contribution in [0.25, 0.3) is 5.69 Å². The third kappa shape index (κ3) is 3.80. The molecule has 0 fully saturated rings. The van der Waals surface area contributed by atoms with Crippen LogP contribution in [0.3, 0.4) is 0 Å². The molecule has 21 heavy (non-hydrogen) atoms. The van der Waals surface area contributed by atoms with Crippen LogP contribution in [-0.2, 0) is 0 Å². The third-order valence-corrected chi connectivity index (χ3v) is 3.58. The first kappa shape index (κ1) is 15.5. The van der Waals surface area contributed by atoms with Crippen molar-refractivity contribution in [3.05, 3.63) is 41.2 Å². The van der Waals surface area contributed by atoms with E-state index in [1.165, 1.54) is 4.68 Å². The summed E-state index contributed by atoms with van der Waals surface area (Å²) in [7, 11) is 3.93. The van der Waals surface area contributed by atoms with E-state index in [1.54, 1.807) is 12.3 Å². The molecule has 1 amide bonds. The fourth-order valence-corrected chi connectivity index (χ4v) is 1.86. The van der Waals surface area contributed by atoms with E-state index in [0.717, 1.165) is 0 Å². The predicted octanol–water partition coefficient (Wildman–Crippen LogP) is 1.60. The van der Waals surface area contributed by atoms with Gasteiger partial charge in [-0.15, -0.1) is 5.10 Å². The summed E-state index contributed by atoms with van der Waals surface area (Å²) in [5.41, 5.74) is 0.952. The maximum atomic E-state index is 12.0. The quantitative estimate of drug-likeness (QED) is 0.911. The number of para-hydroxylation sites is 1. The zero-order valence-corrected chi connectivity index (χ0v) is 13.0. The number of benzene rings is 1. The van der Waals surface area contributed by atoms with Gasteiger partial charge in [-0.05, 0) is 33.2 Å². The van der Waals surface area contributed by atoms with E-state index in [9.17, 15) is 4.79 Å². The van der Waals surface area contributed by atoms with Crippen molar-refractivity contribution in [2.75, 3.05) is 20.6 Å². The van der Waals surface area contributed by atoms with Crippen LogP contribution in [-0.4, -0.2) is 52.5 Å². The average molecular weight is 308 g/mol. The number of rotatable bonds is 5. The van der Waals surface area contributed by atoms with Crippen molar-refractivity contribution in [2.24, 2.45) is 0 Å². The first-order chi connectivity index (χ1) is 9.99. The van der Waals surface area contributed by atoms with Crippen LogP contribution in [0.5, 0.6) is 0 Å². The Hall–Kier alpha value is -1.92. The van der Waals surface area contributed by atoms with Gasteiger partial charge in [0.05, 0.1) is 16.9 Å². The highest BCUT2D eigenvalue weighted by Gasteiger charge is 2.14. The molecule has 0 radical (unpaired) electrons. The van der Waals surface area contributed by atoms with Gasteiger partial charge in [0.15, 0.2) is 5.69 Å². The first-order valence-corrected chi connectivity index (χ1v) is 6.98. The van der Waals surface area contributed by atoms with E-state index in [1.807, 2.05) is 44.1 Å². The predicted molar refractivity (Wildman–Crippen MR) is 81.9 cm³/mol. The lowest BCUT2D eigenvalue weighted by molar-refractivity contribution is 0.0938. The zero-order chi connectivity index (χ0) is 15.4. The molecule has 2 aromatic rings. The number of nitrogens with zero attached hydrogens (tertiary/aromatic N) is 4. The van der Waals surface area contributed by atoms with Crippen LogP contribution in [0, 0.1) is 0 Å². The summed E-state index contributed by atoms with van der Waals surface area (Å²) >= 11 is 6.09. The molecule has 1 heterocycles. The van der Waals surface area contributed by atoms with Crippen LogP contribution >= 0.6 is 11.6 Å². The minimum Gasteiger partial charge on any atom is -0.349 e. The van der Waals surface area contributed by atoms with Gasteiger partial charge in [0.25, 0.3) is 5.91 Å². The number of aromatic nitrogens is 3. The lowest BCUT2D eigenvalue weighted by Crippen LogP contribution is -2.38. The number of amides is 1. The molecule has 1 aromatic carbocycles. The average Bonchev–Trinajstić information content (AvgIpc) is 2.94. The summed E-state index contributed by atoms with van der Waals surface area (Å²) in [6, 6.07) is 7.50. The standard InChI is InChI=1S/C14H18ClN5O/c1-10(19(2)3)8-16-14(21)12-9-20(18-17-12)13-7-5-4-6-11(13)15/h4-7,9-10H,8H2,1-3H3,(H,16,21)/t10-/m0/s1. The topological polar surface area (TPSA) is 63.1 Å². The molecule has 2 rings (SSSR count). The smallest absolute Gasteiger partial charge is 0.273 e. The molecule has 7 heteroatoms. The molecule has 1 aromatic heterocycles. The molecule has 1 atom stereocenters. The van der Waals surface area contributed by atoms with Crippen LogP contribution in [0.2, 0.25) is 5.02 Å². The highest BCUT2D eigenvalue weighted by Crippen LogP contribution is 2.18. The summed E-state index contributed by atoms with van der Waals surface area (Å²) in [5, 5.41) is 11.2. The second-order valence-electron chi connectivity index (χ2n) is 5.02. The monoisotopic (exact) mass is 307 g/mol. The Morgan fingerprint density at radius 1 is 1.43 bits per heavy atom. The van der Waals surface area contributed by atoms with E-state index >= 15 is 0 Å². The molecular weight excluding hydrogens is 290 g/mol. The Labute approximate surface area is 128 Å². The Bertz CT molecular complexity index is 625. The van der Waals surface area contributed by atoms with E-state index in [-0.39, 0.29) is 17.6 Å². The van der Waals surface area contributed by atoms with Gasteiger partial charge in [0.2, 0.25) is 0 Å². The minimum atomic E-state index is -0.248. The molecule has 6 nitrogen and oxygen atoms in total. The third-order valence-electron chi connectivity index (χ3n) is 3.26. The Morgan fingerprint density at radius 3 is 2.81 bits per heavy atom. The fraction of sp³-hybridized carbons (Fsp3) is 0.357. The van der Waals surface area contributed by atoms with E-state index in [0.29, 0.717) is 17.3 Å². The normalized spacial score (nSPS) is 12.4. The van der Waals surface area contributed by atoms with Gasteiger partial charge in [-0.2, -0.15) is 0 Å². The highest BCUT2D eigenvalue weighted by atomic mass is 35.5. The van der Waals surface area contributed by atoms with Crippen molar-refractivity contribution >= 4 is 17.5 Å². The van der Waals surface area contributed by atoms with Gasteiger partial charge in [0.1, 0.15) is 0 Å². The van der Waals surface area contributed by atoms with Gasteiger partial charge in [-0.3, -0.25) is 4.79 Å². The van der Waals surface area contributed by atoms with Crippen LogP contribution in [0.1, 0.15) is 17.4 Å². The molecule has 0 aliphatic rings. The maximum Gasteiger partial charge on any atom is 0.273 e. The summed E-state index contributed by atoms with van der Waals surface area (Å²) in [5.74, 6) is -0.248. The Kier molecular flexibility index (Phi) is 4.93. The fourth-order valence-electron chi connectivity index (χ4n) is 1.64. The summed E-state index contributed by atoms with van der Waals surface area (Å²) in [6.45, 7) is 2.58. The largest absolute Gasteiger partial charge is 0.349 e. The molecule has 0 spiro atoms. The number of halogens is 1. The molecule has 0 bridgehead atoms. The molecular formula is C14H18ClN5O. The van der Waals surface area contributed by atoms with Crippen molar-refractivity contribution in [1.29, 1.82) is 0 Å². The van der Waals surface area contributed by atoms with Crippen LogP contribution < -0.4 is 5.32 Å². The second-order valence-corrected chi connectivity index (χ2v) is 5.43. The van der Waals surface area contributed by atoms with Gasteiger partial charge in [-0.25, -0.2) is 4.68 Å². The van der Waals surface area contributed by atoms with Crippen LogP contribution in [0.15, 0.2) is 30.5 Å². The molecule has 0 saturated heterocycles. The minimum absolute atomic E-state index is 0.243. The van der Waals surface area contributed by atoms with Gasteiger partial charge in [0, 0.05) is 12.6 Å². The van der Waals surface area contributed by atoms with Crippen molar-refractivity contribution in [1.82, 2.24) is 25.2 Å². The molecule has 0 unspecified atom stereocenters. The van der Waals surface area contributed by atoms with E-state index in [4.69, 9.17) is 11.6 Å². The van der Waals surface area contributed by atoms with Gasteiger partial charge < -0.3 is 10.2 Å². The molecule has 0 saturated carbocycles. The number of carbonyl (C=O) groups is 1. The molecule has 112 valence electrons. The number of likely N-dealkylation sites (N-methyl/N-ethyl adjacent to an activating group) is 1. The van der Waals surface area contributed by atoms with Gasteiger partial charge in [-0.1, -0.05) is 28.9 Å². The van der Waals surface area contributed by atoms with Crippen molar-refractivity contribution in [2.45, 2.75) is 13.0 Å². The Morgan fingerprint density at radius 2 is 2.14 bits per heavy atom. The Balaban J connectivity index is 2.06. The van der Waals surface area contributed by atoms with E-state index in [2.05, 4.69) is 15.6 Å².